The molecule has 0 spiro atoms. The molecule has 2 aliphatic rings. The average molecular weight is 259 g/mol. The van der Waals surface area contributed by atoms with Gasteiger partial charge in [-0.25, -0.2) is 0 Å². The summed E-state index contributed by atoms with van der Waals surface area (Å²) in [5.41, 5.74) is 2.09. The monoisotopic (exact) mass is 259 g/mol. The summed E-state index contributed by atoms with van der Waals surface area (Å²) in [5, 5.41) is 3.38. The van der Waals surface area contributed by atoms with Gasteiger partial charge in [-0.2, -0.15) is 0 Å². The third-order valence-corrected chi connectivity index (χ3v) is 4.50. The fourth-order valence-electron chi connectivity index (χ4n) is 3.38. The van der Waals surface area contributed by atoms with E-state index in [0.29, 0.717) is 11.7 Å². The van der Waals surface area contributed by atoms with Gasteiger partial charge in [0.2, 0.25) is 0 Å². The second-order valence-corrected chi connectivity index (χ2v) is 5.72. The molecule has 1 fully saturated rings. The van der Waals surface area contributed by atoms with Crippen molar-refractivity contribution in [2.45, 2.75) is 25.7 Å². The zero-order valence-electron chi connectivity index (χ0n) is 11.4. The van der Waals surface area contributed by atoms with Crippen molar-refractivity contribution >= 4 is 5.78 Å². The molecule has 1 aliphatic carbocycles. The summed E-state index contributed by atoms with van der Waals surface area (Å²) >= 11 is 0. The van der Waals surface area contributed by atoms with Gasteiger partial charge in [-0.3, -0.25) is 4.79 Å². The predicted molar refractivity (Wildman–Crippen MR) is 74.7 cm³/mol. The standard InChI is InChI=1S/C16H21NO2/c1-19-14-3-2-12-9-13(16(18)15(12)10-14)8-11-4-6-17-7-5-11/h2-3,10-11,13,17H,4-9H2,1H3. The first-order valence-corrected chi connectivity index (χ1v) is 7.20. The molecule has 0 amide bonds. The number of hydrogen-bond donors (Lipinski definition) is 1. The van der Waals surface area contributed by atoms with Crippen molar-refractivity contribution in [1.29, 1.82) is 0 Å². The Morgan fingerprint density at radius 1 is 1.32 bits per heavy atom. The second-order valence-electron chi connectivity index (χ2n) is 5.72. The lowest BCUT2D eigenvalue weighted by atomic mass is 9.86. The number of methoxy groups -OCH3 is 1. The molecule has 1 aromatic carbocycles. The van der Waals surface area contributed by atoms with Gasteiger partial charge in [0.1, 0.15) is 5.75 Å². The maximum Gasteiger partial charge on any atom is 0.166 e. The Bertz CT molecular complexity index is 478. The van der Waals surface area contributed by atoms with Crippen molar-refractivity contribution in [2.24, 2.45) is 11.8 Å². The van der Waals surface area contributed by atoms with Gasteiger partial charge >= 0.3 is 0 Å². The van der Waals surface area contributed by atoms with Crippen LogP contribution in [0.5, 0.6) is 5.75 Å². The molecule has 1 aliphatic heterocycles. The molecule has 1 saturated heterocycles. The summed E-state index contributed by atoms with van der Waals surface area (Å²) in [6.07, 6.45) is 4.40. The van der Waals surface area contributed by atoms with Crippen molar-refractivity contribution in [1.82, 2.24) is 5.32 Å². The second kappa shape index (κ2) is 5.33. The van der Waals surface area contributed by atoms with Crippen molar-refractivity contribution in [3.05, 3.63) is 29.3 Å². The Morgan fingerprint density at radius 3 is 2.84 bits per heavy atom. The van der Waals surface area contributed by atoms with Crippen LogP contribution in [0.4, 0.5) is 0 Å². The molecule has 0 radical (unpaired) electrons. The lowest BCUT2D eigenvalue weighted by Crippen LogP contribution is -2.29. The molecule has 0 saturated carbocycles. The van der Waals surface area contributed by atoms with Gasteiger partial charge in [-0.15, -0.1) is 0 Å². The Hall–Kier alpha value is -1.35. The fourth-order valence-corrected chi connectivity index (χ4v) is 3.38. The molecule has 0 bridgehead atoms. The van der Waals surface area contributed by atoms with Crippen molar-refractivity contribution in [2.75, 3.05) is 20.2 Å². The zero-order valence-corrected chi connectivity index (χ0v) is 11.4. The first-order chi connectivity index (χ1) is 9.28. The molecular weight excluding hydrogens is 238 g/mol. The van der Waals surface area contributed by atoms with Crippen molar-refractivity contribution < 1.29 is 9.53 Å². The van der Waals surface area contributed by atoms with Gasteiger partial charge in [-0.1, -0.05) is 6.07 Å². The quantitative estimate of drug-likeness (QED) is 0.906. The van der Waals surface area contributed by atoms with Crippen LogP contribution in [0.1, 0.15) is 35.2 Å². The normalized spacial score (nSPS) is 23.4. The van der Waals surface area contributed by atoms with Crippen LogP contribution in [-0.2, 0) is 6.42 Å². The van der Waals surface area contributed by atoms with Crippen molar-refractivity contribution in [3.8, 4) is 5.75 Å². The highest BCUT2D eigenvalue weighted by molar-refractivity contribution is 6.02. The molecule has 1 unspecified atom stereocenters. The highest BCUT2D eigenvalue weighted by Gasteiger charge is 2.32. The largest absolute Gasteiger partial charge is 0.497 e. The molecule has 1 heterocycles. The Morgan fingerprint density at radius 2 is 2.11 bits per heavy atom. The molecule has 102 valence electrons. The number of carbonyl (C=O) groups excluding carboxylic acids is 1. The number of piperidine rings is 1. The minimum Gasteiger partial charge on any atom is -0.497 e. The fraction of sp³-hybridized carbons (Fsp3) is 0.562. The number of benzene rings is 1. The van der Waals surface area contributed by atoms with Crippen LogP contribution in [0.2, 0.25) is 0 Å². The average Bonchev–Trinajstić information content (AvgIpc) is 2.76. The highest BCUT2D eigenvalue weighted by Crippen LogP contribution is 2.34. The third-order valence-electron chi connectivity index (χ3n) is 4.50. The van der Waals surface area contributed by atoms with Gasteiger partial charge in [0.05, 0.1) is 7.11 Å². The minimum absolute atomic E-state index is 0.199. The van der Waals surface area contributed by atoms with Crippen LogP contribution in [0.25, 0.3) is 0 Å². The van der Waals surface area contributed by atoms with Crippen LogP contribution in [-0.4, -0.2) is 26.0 Å². The molecular formula is C16H21NO2. The van der Waals surface area contributed by atoms with Crippen molar-refractivity contribution in [3.63, 3.8) is 0 Å². The topological polar surface area (TPSA) is 38.3 Å². The SMILES string of the molecule is COc1ccc2c(c1)C(=O)C(CC1CCNCC1)C2. The van der Waals surface area contributed by atoms with Gasteiger partial charge in [0, 0.05) is 11.5 Å². The third kappa shape index (κ3) is 2.52. The molecule has 19 heavy (non-hydrogen) atoms. The lowest BCUT2D eigenvalue weighted by Gasteiger charge is -2.24. The minimum atomic E-state index is 0.199. The van der Waals surface area contributed by atoms with Crippen LogP contribution in [0.15, 0.2) is 18.2 Å². The number of ketones is 1. The summed E-state index contributed by atoms with van der Waals surface area (Å²) in [6.45, 7) is 2.21. The summed E-state index contributed by atoms with van der Waals surface area (Å²) in [4.78, 5) is 12.5. The van der Waals surface area contributed by atoms with E-state index in [-0.39, 0.29) is 5.92 Å². The van der Waals surface area contributed by atoms with E-state index >= 15 is 0 Å². The molecule has 1 aromatic rings. The van der Waals surface area contributed by atoms with Crippen LogP contribution >= 0.6 is 0 Å². The highest BCUT2D eigenvalue weighted by atomic mass is 16.5. The first kappa shape index (κ1) is 12.7. The van der Waals surface area contributed by atoms with Crippen LogP contribution in [0, 0.1) is 11.8 Å². The maximum atomic E-state index is 12.5. The van der Waals surface area contributed by atoms with Gasteiger partial charge in [0.25, 0.3) is 0 Å². The van der Waals surface area contributed by atoms with E-state index in [4.69, 9.17) is 4.74 Å². The van der Waals surface area contributed by atoms with Gasteiger partial charge < -0.3 is 10.1 Å². The number of fused-ring (bicyclic) bond motifs is 1. The van der Waals surface area contributed by atoms with E-state index in [1.54, 1.807) is 7.11 Å². The Labute approximate surface area is 114 Å². The number of ether oxygens (including phenoxy) is 1. The molecule has 1 N–H and O–H groups in total. The van der Waals surface area contributed by atoms with E-state index in [1.807, 2.05) is 12.1 Å². The van der Waals surface area contributed by atoms with Crippen LogP contribution < -0.4 is 10.1 Å². The van der Waals surface area contributed by atoms with E-state index in [0.717, 1.165) is 37.2 Å². The van der Waals surface area contributed by atoms with Gasteiger partial charge in [0.15, 0.2) is 5.78 Å². The number of rotatable bonds is 3. The molecule has 0 aromatic heterocycles. The number of Topliss-reactive ketones (excluding diaryl/α,β-unsaturated/α-hetero) is 1. The summed E-state index contributed by atoms with van der Waals surface area (Å²) in [5.74, 6) is 2.03. The molecule has 1 atom stereocenters. The Kier molecular flexibility index (Phi) is 3.56. The summed E-state index contributed by atoms with van der Waals surface area (Å²) < 4.78 is 5.21. The van der Waals surface area contributed by atoms with E-state index < -0.39 is 0 Å². The number of carbonyl (C=O) groups is 1. The molecule has 3 nitrogen and oxygen atoms in total. The molecule has 3 rings (SSSR count). The smallest absolute Gasteiger partial charge is 0.166 e. The lowest BCUT2D eigenvalue weighted by molar-refractivity contribution is 0.0913. The number of nitrogens with one attached hydrogen (secondary N) is 1. The van der Waals surface area contributed by atoms with Gasteiger partial charge in [-0.05, 0) is 62.4 Å². The molecule has 3 heteroatoms. The van der Waals surface area contributed by atoms with E-state index in [9.17, 15) is 4.79 Å². The van der Waals surface area contributed by atoms with E-state index in [1.165, 1.54) is 18.4 Å². The summed E-state index contributed by atoms with van der Waals surface area (Å²) in [6, 6.07) is 5.91. The Balaban J connectivity index is 1.71. The number of hydrogen-bond acceptors (Lipinski definition) is 3. The van der Waals surface area contributed by atoms with E-state index in [2.05, 4.69) is 11.4 Å². The zero-order chi connectivity index (χ0) is 13.2. The predicted octanol–water partition coefficient (Wildman–Crippen LogP) is 2.44. The first-order valence-electron chi connectivity index (χ1n) is 7.20. The van der Waals surface area contributed by atoms with Crippen LogP contribution in [0.3, 0.4) is 0 Å². The maximum absolute atomic E-state index is 12.5. The summed E-state index contributed by atoms with van der Waals surface area (Å²) in [7, 11) is 1.65.